The number of anilines is 1. The van der Waals surface area contributed by atoms with Gasteiger partial charge in [0.15, 0.2) is 0 Å². The lowest BCUT2D eigenvalue weighted by Crippen LogP contribution is -2.36. The van der Waals surface area contributed by atoms with E-state index in [9.17, 15) is 4.79 Å². The van der Waals surface area contributed by atoms with Gasteiger partial charge in [0.05, 0.1) is 12.3 Å². The van der Waals surface area contributed by atoms with Gasteiger partial charge in [-0.25, -0.2) is 0 Å². The molecule has 1 aromatic carbocycles. The topological polar surface area (TPSA) is 29.5 Å². The van der Waals surface area contributed by atoms with E-state index in [-0.39, 0.29) is 18.5 Å². The van der Waals surface area contributed by atoms with Crippen LogP contribution in [0.3, 0.4) is 0 Å². The number of alkyl halides is 2. The van der Waals surface area contributed by atoms with Crippen LogP contribution in [0.15, 0.2) is 18.2 Å². The van der Waals surface area contributed by atoms with Crippen molar-refractivity contribution in [1.29, 1.82) is 0 Å². The Balaban J connectivity index is 3.14. The van der Waals surface area contributed by atoms with Crippen LogP contribution in [0.1, 0.15) is 25.0 Å². The first-order valence-corrected chi connectivity index (χ1v) is 7.87. The van der Waals surface area contributed by atoms with E-state index in [1.807, 2.05) is 18.2 Å². The Labute approximate surface area is 130 Å². The largest absolute Gasteiger partial charge is 0.359 e. The first-order valence-electron chi connectivity index (χ1n) is 6.80. The number of halogens is 2. The summed E-state index contributed by atoms with van der Waals surface area (Å²) in [5.74, 6) is 0.182. The SMILES string of the molecule is CCc1cccc(CC)c1N(COCCCl)C(=O)CCl. The van der Waals surface area contributed by atoms with E-state index in [0.29, 0.717) is 12.5 Å². The molecular formula is C15H21Cl2NO2. The highest BCUT2D eigenvalue weighted by Gasteiger charge is 2.20. The second-order valence-corrected chi connectivity index (χ2v) is 4.96. The maximum atomic E-state index is 12.1. The highest BCUT2D eigenvalue weighted by Crippen LogP contribution is 2.27. The summed E-state index contributed by atoms with van der Waals surface area (Å²) in [6.07, 6.45) is 1.70. The van der Waals surface area contributed by atoms with E-state index >= 15 is 0 Å². The molecule has 0 N–H and O–H groups in total. The van der Waals surface area contributed by atoms with E-state index in [0.717, 1.165) is 29.7 Å². The molecule has 3 nitrogen and oxygen atoms in total. The first kappa shape index (κ1) is 17.3. The Kier molecular flexibility index (Phi) is 7.97. The van der Waals surface area contributed by atoms with Crippen LogP contribution in [0.25, 0.3) is 0 Å². The van der Waals surface area contributed by atoms with Gasteiger partial charge in [0.2, 0.25) is 5.91 Å². The Morgan fingerprint density at radius 2 is 1.80 bits per heavy atom. The van der Waals surface area contributed by atoms with Gasteiger partial charge in [0.25, 0.3) is 0 Å². The lowest BCUT2D eigenvalue weighted by Gasteiger charge is -2.26. The van der Waals surface area contributed by atoms with Crippen molar-refractivity contribution in [2.75, 3.05) is 30.0 Å². The molecule has 1 aromatic rings. The fraction of sp³-hybridized carbons (Fsp3) is 0.533. The molecule has 0 aliphatic rings. The molecule has 0 aliphatic carbocycles. The molecule has 20 heavy (non-hydrogen) atoms. The molecule has 0 saturated heterocycles. The van der Waals surface area contributed by atoms with Gasteiger partial charge in [-0.3, -0.25) is 9.69 Å². The summed E-state index contributed by atoms with van der Waals surface area (Å²) < 4.78 is 5.44. The molecule has 0 fully saturated rings. The van der Waals surface area contributed by atoms with Crippen LogP contribution in [0.4, 0.5) is 5.69 Å². The maximum Gasteiger partial charge on any atom is 0.243 e. The van der Waals surface area contributed by atoms with Gasteiger partial charge >= 0.3 is 0 Å². The van der Waals surface area contributed by atoms with Crippen molar-refractivity contribution in [1.82, 2.24) is 0 Å². The Bertz CT molecular complexity index is 416. The number of hydrogen-bond acceptors (Lipinski definition) is 2. The predicted octanol–water partition coefficient (Wildman–Crippen LogP) is 3.60. The van der Waals surface area contributed by atoms with Crippen molar-refractivity contribution in [2.45, 2.75) is 26.7 Å². The molecule has 0 radical (unpaired) electrons. The van der Waals surface area contributed by atoms with Crippen LogP contribution in [0, 0.1) is 0 Å². The van der Waals surface area contributed by atoms with Crippen LogP contribution in [0.5, 0.6) is 0 Å². The van der Waals surface area contributed by atoms with E-state index in [1.165, 1.54) is 0 Å². The number of hydrogen-bond donors (Lipinski definition) is 0. The quantitative estimate of drug-likeness (QED) is 0.416. The smallest absolute Gasteiger partial charge is 0.243 e. The Morgan fingerprint density at radius 3 is 2.25 bits per heavy atom. The lowest BCUT2D eigenvalue weighted by atomic mass is 10.0. The maximum absolute atomic E-state index is 12.1. The number of benzene rings is 1. The Morgan fingerprint density at radius 1 is 1.20 bits per heavy atom. The van der Waals surface area contributed by atoms with Crippen molar-refractivity contribution in [3.8, 4) is 0 Å². The fourth-order valence-electron chi connectivity index (χ4n) is 2.11. The molecule has 0 bridgehead atoms. The minimum atomic E-state index is -0.156. The van der Waals surface area contributed by atoms with Crippen LogP contribution in [-0.2, 0) is 22.4 Å². The molecule has 1 rings (SSSR count). The molecule has 0 spiro atoms. The molecule has 0 aliphatic heterocycles. The molecule has 112 valence electrons. The van der Waals surface area contributed by atoms with Crippen molar-refractivity contribution in [3.63, 3.8) is 0 Å². The monoisotopic (exact) mass is 317 g/mol. The minimum Gasteiger partial charge on any atom is -0.359 e. The average molecular weight is 318 g/mol. The average Bonchev–Trinajstić information content (AvgIpc) is 2.50. The van der Waals surface area contributed by atoms with Crippen LogP contribution in [-0.4, -0.2) is 31.0 Å². The summed E-state index contributed by atoms with van der Waals surface area (Å²) in [5.41, 5.74) is 3.17. The van der Waals surface area contributed by atoms with Crippen molar-refractivity contribution >= 4 is 34.8 Å². The molecule has 0 aromatic heterocycles. The standard InChI is InChI=1S/C15H21Cl2NO2/c1-3-12-6-5-7-13(4-2)15(12)18(14(19)10-17)11-20-9-8-16/h5-7H,3-4,8-11H2,1-2H3. The van der Waals surface area contributed by atoms with Crippen LogP contribution in [0.2, 0.25) is 0 Å². The third-order valence-corrected chi connectivity index (χ3v) is 3.48. The first-order chi connectivity index (χ1) is 9.69. The van der Waals surface area contributed by atoms with E-state index in [4.69, 9.17) is 27.9 Å². The second-order valence-electron chi connectivity index (χ2n) is 4.31. The highest BCUT2D eigenvalue weighted by atomic mass is 35.5. The molecule has 0 heterocycles. The molecule has 0 atom stereocenters. The van der Waals surface area contributed by atoms with Gasteiger partial charge in [-0.2, -0.15) is 0 Å². The number of nitrogens with zero attached hydrogens (tertiary/aromatic N) is 1. The molecule has 1 amide bonds. The van der Waals surface area contributed by atoms with Gasteiger partial charge in [0.1, 0.15) is 12.6 Å². The molecule has 0 unspecified atom stereocenters. The summed E-state index contributed by atoms with van der Waals surface area (Å²) in [6, 6.07) is 6.08. The van der Waals surface area contributed by atoms with Crippen LogP contribution >= 0.6 is 23.2 Å². The predicted molar refractivity (Wildman–Crippen MR) is 84.9 cm³/mol. The summed E-state index contributed by atoms with van der Waals surface area (Å²) in [6.45, 7) is 4.73. The summed E-state index contributed by atoms with van der Waals surface area (Å²) in [7, 11) is 0. The van der Waals surface area contributed by atoms with Gasteiger partial charge in [-0.1, -0.05) is 32.0 Å². The third-order valence-electron chi connectivity index (χ3n) is 3.09. The summed E-state index contributed by atoms with van der Waals surface area (Å²) >= 11 is 11.3. The summed E-state index contributed by atoms with van der Waals surface area (Å²) in [5, 5.41) is 0. The molecule has 0 saturated carbocycles. The van der Waals surface area contributed by atoms with Crippen molar-refractivity contribution < 1.29 is 9.53 Å². The number of ether oxygens (including phenoxy) is 1. The fourth-order valence-corrected chi connectivity index (χ4v) is 2.36. The van der Waals surface area contributed by atoms with Crippen molar-refractivity contribution in [2.24, 2.45) is 0 Å². The minimum absolute atomic E-state index is 0.0640. The zero-order valence-electron chi connectivity index (χ0n) is 12.0. The van der Waals surface area contributed by atoms with Gasteiger partial charge in [0, 0.05) is 5.88 Å². The number of amides is 1. The normalized spacial score (nSPS) is 10.6. The van der Waals surface area contributed by atoms with Gasteiger partial charge < -0.3 is 4.74 Å². The number of carbonyl (C=O) groups is 1. The number of rotatable bonds is 8. The van der Waals surface area contributed by atoms with Gasteiger partial charge in [-0.05, 0) is 24.0 Å². The Hall–Kier alpha value is -0.770. The zero-order valence-corrected chi connectivity index (χ0v) is 13.5. The van der Waals surface area contributed by atoms with E-state index in [2.05, 4.69) is 13.8 Å². The molecular weight excluding hydrogens is 297 g/mol. The number of para-hydroxylation sites is 1. The van der Waals surface area contributed by atoms with E-state index in [1.54, 1.807) is 4.90 Å². The zero-order chi connectivity index (χ0) is 15.0. The van der Waals surface area contributed by atoms with Crippen molar-refractivity contribution in [3.05, 3.63) is 29.3 Å². The second kappa shape index (κ2) is 9.22. The lowest BCUT2D eigenvalue weighted by molar-refractivity contribution is -0.117. The van der Waals surface area contributed by atoms with Gasteiger partial charge in [-0.15, -0.1) is 23.2 Å². The van der Waals surface area contributed by atoms with Crippen LogP contribution < -0.4 is 4.90 Å². The van der Waals surface area contributed by atoms with E-state index < -0.39 is 0 Å². The third kappa shape index (κ3) is 4.37. The number of aryl methyl sites for hydroxylation is 2. The summed E-state index contributed by atoms with van der Waals surface area (Å²) in [4.78, 5) is 13.7. The molecule has 5 heteroatoms. The highest BCUT2D eigenvalue weighted by molar-refractivity contribution is 6.29. The number of carbonyl (C=O) groups excluding carboxylic acids is 1.